The molecule has 6 nitrogen and oxygen atoms in total. The molecule has 0 aromatic rings. The molecule has 0 spiro atoms. The number of hydrogen-bond acceptors (Lipinski definition) is 5. The lowest BCUT2D eigenvalue weighted by molar-refractivity contribution is -0.218. The van der Waals surface area contributed by atoms with Crippen molar-refractivity contribution in [1.82, 2.24) is 5.32 Å². The summed E-state index contributed by atoms with van der Waals surface area (Å²) in [7, 11) is 0. The lowest BCUT2D eigenvalue weighted by Crippen LogP contribution is -2.64. The van der Waals surface area contributed by atoms with Gasteiger partial charge in [0, 0.05) is 6.92 Å². The average molecular weight is 217 g/mol. The van der Waals surface area contributed by atoms with E-state index in [1.54, 1.807) is 6.92 Å². The van der Waals surface area contributed by atoms with Crippen molar-refractivity contribution in [2.45, 2.75) is 44.0 Å². The molecule has 86 valence electrons. The summed E-state index contributed by atoms with van der Waals surface area (Å²) in [6.45, 7) is 3.22. The van der Waals surface area contributed by atoms with Crippen LogP contribution in [0.4, 0.5) is 0 Å². The van der Waals surface area contributed by atoms with E-state index >= 15 is 0 Å². The van der Waals surface area contributed by atoms with E-state index in [4.69, 9.17) is 9.47 Å². The fourth-order valence-electron chi connectivity index (χ4n) is 2.02. The van der Waals surface area contributed by atoms with Crippen molar-refractivity contribution in [2.24, 2.45) is 0 Å². The van der Waals surface area contributed by atoms with E-state index in [1.807, 2.05) is 0 Å². The normalized spacial score (nSPS) is 49.1. The second-order valence-corrected chi connectivity index (χ2v) is 4.27. The summed E-state index contributed by atoms with van der Waals surface area (Å²) in [4.78, 5) is 10.9. The number of hydrogen-bond donors (Lipinski definition) is 3. The predicted molar refractivity (Wildman–Crippen MR) is 48.8 cm³/mol. The molecule has 0 saturated carbocycles. The van der Waals surface area contributed by atoms with Crippen LogP contribution in [0.5, 0.6) is 0 Å². The van der Waals surface area contributed by atoms with Crippen LogP contribution in [0.15, 0.2) is 0 Å². The Labute approximate surface area is 87.2 Å². The highest BCUT2D eigenvalue weighted by atomic mass is 16.7. The summed E-state index contributed by atoms with van der Waals surface area (Å²) >= 11 is 0. The molecule has 3 N–H and O–H groups in total. The van der Waals surface area contributed by atoms with Gasteiger partial charge in [0.15, 0.2) is 6.29 Å². The van der Waals surface area contributed by atoms with Crippen molar-refractivity contribution in [3.63, 3.8) is 0 Å². The summed E-state index contributed by atoms with van der Waals surface area (Å²) in [5, 5.41) is 22.1. The van der Waals surface area contributed by atoms with Crippen molar-refractivity contribution < 1.29 is 24.5 Å². The van der Waals surface area contributed by atoms with Crippen molar-refractivity contribution >= 4 is 5.91 Å². The molecule has 0 aliphatic carbocycles. The minimum atomic E-state index is -1.07. The van der Waals surface area contributed by atoms with Gasteiger partial charge >= 0.3 is 0 Å². The first-order chi connectivity index (χ1) is 6.94. The molecule has 0 radical (unpaired) electrons. The van der Waals surface area contributed by atoms with Crippen LogP contribution < -0.4 is 5.32 Å². The van der Waals surface area contributed by atoms with E-state index < -0.39 is 30.1 Å². The molecule has 2 aliphatic heterocycles. The minimum Gasteiger partial charge on any atom is -0.388 e. The second-order valence-electron chi connectivity index (χ2n) is 4.27. The van der Waals surface area contributed by atoms with E-state index in [1.165, 1.54) is 6.92 Å². The molecule has 1 amide bonds. The highest BCUT2D eigenvalue weighted by molar-refractivity contribution is 5.73. The maximum atomic E-state index is 10.9. The molecule has 0 aromatic carbocycles. The highest BCUT2D eigenvalue weighted by Crippen LogP contribution is 2.36. The predicted octanol–water partition coefficient (Wildman–Crippen LogP) is -1.64. The molecule has 15 heavy (non-hydrogen) atoms. The third-order valence-electron chi connectivity index (χ3n) is 2.90. The Balaban J connectivity index is 2.17. The molecular formula is C9H15NO5. The molecule has 5 atom stereocenters. The molecule has 0 unspecified atom stereocenters. The van der Waals surface area contributed by atoms with Gasteiger partial charge in [-0.15, -0.1) is 0 Å². The van der Waals surface area contributed by atoms with Gasteiger partial charge in [-0.2, -0.15) is 0 Å². The lowest BCUT2D eigenvalue weighted by atomic mass is 9.89. The molecule has 2 bridgehead atoms. The standard InChI is InChI=1S/C9H15NO5/c1-4(11)10-5-6(12)7(13)9(2)3-14-8(5)15-9/h5-8,12-13H,3H2,1-2H3,(H,10,11)/t5-,6+,7+,8-,9-/m0/s1. The fraction of sp³-hybridized carbons (Fsp3) is 0.889. The van der Waals surface area contributed by atoms with Crippen LogP contribution in [0.1, 0.15) is 13.8 Å². The smallest absolute Gasteiger partial charge is 0.217 e. The number of aliphatic hydroxyl groups excluding tert-OH is 2. The Morgan fingerprint density at radius 3 is 2.80 bits per heavy atom. The average Bonchev–Trinajstić information content (AvgIpc) is 2.52. The van der Waals surface area contributed by atoms with Crippen molar-refractivity contribution in [2.75, 3.05) is 6.61 Å². The van der Waals surface area contributed by atoms with Crippen LogP contribution in [0, 0.1) is 0 Å². The maximum Gasteiger partial charge on any atom is 0.217 e. The van der Waals surface area contributed by atoms with Gasteiger partial charge < -0.3 is 25.0 Å². The summed E-state index contributed by atoms with van der Waals surface area (Å²) in [5.41, 5.74) is -0.876. The zero-order valence-electron chi connectivity index (χ0n) is 8.64. The second kappa shape index (κ2) is 3.41. The molecule has 2 saturated heterocycles. The van der Waals surface area contributed by atoms with Crippen LogP contribution in [0.3, 0.4) is 0 Å². The first-order valence-corrected chi connectivity index (χ1v) is 4.87. The van der Waals surface area contributed by atoms with Gasteiger partial charge in [-0.3, -0.25) is 4.79 Å². The van der Waals surface area contributed by atoms with Crippen LogP contribution in [0.2, 0.25) is 0 Å². The molecule has 2 aliphatic rings. The zero-order valence-corrected chi connectivity index (χ0v) is 8.64. The summed E-state index contributed by atoms with van der Waals surface area (Å²) in [6.07, 6.45) is -2.81. The fourth-order valence-corrected chi connectivity index (χ4v) is 2.02. The Morgan fingerprint density at radius 2 is 2.20 bits per heavy atom. The Morgan fingerprint density at radius 1 is 1.53 bits per heavy atom. The Bertz CT molecular complexity index is 284. The largest absolute Gasteiger partial charge is 0.388 e. The van der Waals surface area contributed by atoms with Crippen LogP contribution in [-0.2, 0) is 14.3 Å². The van der Waals surface area contributed by atoms with Gasteiger partial charge in [-0.1, -0.05) is 0 Å². The Hall–Kier alpha value is -0.690. The third kappa shape index (κ3) is 1.63. The van der Waals surface area contributed by atoms with Gasteiger partial charge in [0.05, 0.1) is 6.61 Å². The summed E-state index contributed by atoms with van der Waals surface area (Å²) in [5.74, 6) is -0.297. The first kappa shape index (κ1) is 10.8. The van der Waals surface area contributed by atoms with Crippen molar-refractivity contribution in [1.29, 1.82) is 0 Å². The van der Waals surface area contributed by atoms with Crippen molar-refractivity contribution in [3.8, 4) is 0 Å². The third-order valence-corrected chi connectivity index (χ3v) is 2.90. The molecule has 2 rings (SSSR count). The quantitative estimate of drug-likeness (QED) is 0.490. The lowest BCUT2D eigenvalue weighted by Gasteiger charge is -2.40. The van der Waals surface area contributed by atoms with Gasteiger partial charge in [0.2, 0.25) is 5.91 Å². The number of rotatable bonds is 1. The van der Waals surface area contributed by atoms with E-state index in [0.717, 1.165) is 0 Å². The number of ether oxygens (including phenoxy) is 2. The van der Waals surface area contributed by atoms with Crippen LogP contribution >= 0.6 is 0 Å². The van der Waals surface area contributed by atoms with E-state index in [9.17, 15) is 15.0 Å². The molecule has 2 heterocycles. The van der Waals surface area contributed by atoms with E-state index in [-0.39, 0.29) is 12.5 Å². The number of amides is 1. The molecule has 0 aromatic heterocycles. The Kier molecular flexibility index (Phi) is 2.46. The van der Waals surface area contributed by atoms with Crippen LogP contribution in [-0.4, -0.2) is 52.9 Å². The summed E-state index contributed by atoms with van der Waals surface area (Å²) < 4.78 is 10.7. The van der Waals surface area contributed by atoms with Crippen molar-refractivity contribution in [3.05, 3.63) is 0 Å². The van der Waals surface area contributed by atoms with Gasteiger partial charge in [-0.05, 0) is 6.92 Å². The first-order valence-electron chi connectivity index (χ1n) is 4.87. The van der Waals surface area contributed by atoms with Gasteiger partial charge in [0.1, 0.15) is 23.9 Å². The van der Waals surface area contributed by atoms with Gasteiger partial charge in [-0.25, -0.2) is 0 Å². The van der Waals surface area contributed by atoms with Gasteiger partial charge in [0.25, 0.3) is 0 Å². The number of fused-ring (bicyclic) bond motifs is 2. The minimum absolute atomic E-state index is 0.214. The maximum absolute atomic E-state index is 10.9. The molecular weight excluding hydrogens is 202 g/mol. The van der Waals surface area contributed by atoms with Crippen LogP contribution in [0.25, 0.3) is 0 Å². The summed E-state index contributed by atoms with van der Waals surface area (Å²) in [6, 6.07) is -0.715. The number of aliphatic hydroxyl groups is 2. The molecule has 6 heteroatoms. The van der Waals surface area contributed by atoms with E-state index in [0.29, 0.717) is 0 Å². The monoisotopic (exact) mass is 217 g/mol. The highest BCUT2D eigenvalue weighted by Gasteiger charge is 2.56. The van der Waals surface area contributed by atoms with E-state index in [2.05, 4.69) is 5.32 Å². The molecule has 2 fully saturated rings. The SMILES string of the molecule is CC(=O)N[C@@H]1[C@H]2OC[C@](C)(O2)[C@H](O)[C@@H]1O. The number of carbonyl (C=O) groups excluding carboxylic acids is 1. The number of nitrogens with one attached hydrogen (secondary N) is 1. The topological polar surface area (TPSA) is 88.0 Å². The number of carbonyl (C=O) groups is 1. The zero-order chi connectivity index (χ0) is 11.2.